The number of hydrogen-bond acceptors (Lipinski definition) is 8. The molecule has 3 fully saturated rings. The molecule has 0 heterocycles. The third kappa shape index (κ3) is 3.17. The number of carbonyl (C=O) groups is 4. The van der Waals surface area contributed by atoms with Gasteiger partial charge in [0.25, 0.3) is 0 Å². The lowest BCUT2D eigenvalue weighted by atomic mass is 9.44. The van der Waals surface area contributed by atoms with Crippen LogP contribution in [0.4, 0.5) is 4.39 Å². The molecule has 0 radical (unpaired) electrons. The number of rotatable bonds is 5. The number of ketones is 2. The molecule has 0 saturated heterocycles. The van der Waals surface area contributed by atoms with E-state index >= 15 is 4.39 Å². The Kier molecular flexibility index (Phi) is 6.36. The van der Waals surface area contributed by atoms with Crippen LogP contribution in [0.5, 0.6) is 0 Å². The monoisotopic (exact) mass is 506 g/mol. The summed E-state index contributed by atoms with van der Waals surface area (Å²) in [5.41, 5.74) is -5.73. The van der Waals surface area contributed by atoms with Gasteiger partial charge in [-0.2, -0.15) is 0 Å². The maximum Gasteiger partial charge on any atom is 0.321 e. The van der Waals surface area contributed by atoms with Gasteiger partial charge in [0.15, 0.2) is 23.0 Å². The second-order valence-corrected chi connectivity index (χ2v) is 11.4. The molecule has 4 aliphatic carbocycles. The fourth-order valence-electron chi connectivity index (χ4n) is 8.04. The van der Waals surface area contributed by atoms with Gasteiger partial charge in [-0.1, -0.05) is 25.5 Å². The van der Waals surface area contributed by atoms with Gasteiger partial charge in [-0.05, 0) is 57.6 Å². The van der Waals surface area contributed by atoms with Crippen molar-refractivity contribution < 1.29 is 43.3 Å². The lowest BCUT2D eigenvalue weighted by Crippen LogP contribution is -2.70. The molecule has 9 atom stereocenters. The van der Waals surface area contributed by atoms with E-state index in [1.165, 1.54) is 19.1 Å². The van der Waals surface area contributed by atoms with E-state index in [1.807, 2.05) is 0 Å². The van der Waals surface area contributed by atoms with Gasteiger partial charge in [0.2, 0.25) is 5.78 Å². The topological polar surface area (TPSA) is 127 Å². The van der Waals surface area contributed by atoms with Crippen molar-refractivity contribution in [3.8, 4) is 0 Å². The van der Waals surface area contributed by atoms with E-state index in [1.54, 1.807) is 26.8 Å². The van der Waals surface area contributed by atoms with Crippen LogP contribution in [0.15, 0.2) is 23.8 Å². The van der Waals surface area contributed by atoms with Gasteiger partial charge in [-0.3, -0.25) is 19.2 Å². The van der Waals surface area contributed by atoms with Crippen molar-refractivity contribution in [1.82, 2.24) is 0 Å². The van der Waals surface area contributed by atoms with Crippen LogP contribution in [0.1, 0.15) is 53.4 Å². The Labute approximate surface area is 209 Å². The van der Waals surface area contributed by atoms with Crippen LogP contribution in [-0.4, -0.2) is 64.8 Å². The predicted octanol–water partition coefficient (Wildman–Crippen LogP) is 2.26. The van der Waals surface area contributed by atoms with Crippen molar-refractivity contribution >= 4 is 23.5 Å². The fourth-order valence-corrected chi connectivity index (χ4v) is 8.04. The van der Waals surface area contributed by atoms with Crippen LogP contribution < -0.4 is 0 Å². The van der Waals surface area contributed by atoms with E-state index in [4.69, 9.17) is 4.74 Å². The van der Waals surface area contributed by atoms with E-state index in [0.29, 0.717) is 24.8 Å². The number of halogens is 1. The standard InChI is InChI=1S/C27H35FO8/c1-14-10-19-18-7-6-16-11-17(30)8-9-24(16,3)26(18,28)20(31)12-25(19,4)27(14,21(32)13-29)36-23(34)15(2)22(33)35-5/h8-9,11,14-15,18-20,29,31H,6-7,10,12-13H2,1-5H3/t14-,15?,18-,19-,20-,24-,25-,26-,27-/m0/s1. The van der Waals surface area contributed by atoms with E-state index in [2.05, 4.69) is 4.74 Å². The smallest absolute Gasteiger partial charge is 0.321 e. The van der Waals surface area contributed by atoms with Crippen LogP contribution in [0, 0.1) is 34.5 Å². The SMILES string of the molecule is COC(=O)C(C)C(=O)O[C@]1(C(=O)CO)[C@@H](C)C[C@H]2[C@@H]3CCC4=CC(=O)C=C[C@]4(C)[C@@]3(F)[C@@H](O)C[C@@]21C. The van der Waals surface area contributed by atoms with Crippen molar-refractivity contribution in [2.45, 2.75) is 70.8 Å². The molecule has 9 heteroatoms. The Bertz CT molecular complexity index is 1070. The van der Waals surface area contributed by atoms with Gasteiger partial charge in [0.05, 0.1) is 13.2 Å². The molecule has 0 aromatic heterocycles. The Hall–Kier alpha value is -2.39. The average molecular weight is 507 g/mol. The highest BCUT2D eigenvalue weighted by molar-refractivity contribution is 6.01. The molecule has 0 aromatic carbocycles. The first-order valence-electron chi connectivity index (χ1n) is 12.5. The third-order valence-electron chi connectivity index (χ3n) is 9.91. The van der Waals surface area contributed by atoms with Crippen molar-refractivity contribution in [1.29, 1.82) is 0 Å². The Balaban J connectivity index is 1.81. The molecule has 2 N–H and O–H groups in total. The molecule has 0 aromatic rings. The van der Waals surface area contributed by atoms with Gasteiger partial charge in [-0.15, -0.1) is 0 Å². The summed E-state index contributed by atoms with van der Waals surface area (Å²) >= 11 is 0. The predicted molar refractivity (Wildman–Crippen MR) is 125 cm³/mol. The van der Waals surface area contributed by atoms with Gasteiger partial charge in [0, 0.05) is 22.7 Å². The summed E-state index contributed by atoms with van der Waals surface area (Å²) in [4.78, 5) is 50.5. The summed E-state index contributed by atoms with van der Waals surface area (Å²) in [7, 11) is 1.13. The average Bonchev–Trinajstić information content (AvgIpc) is 3.05. The summed E-state index contributed by atoms with van der Waals surface area (Å²) in [5.74, 6) is -5.84. The number of allylic oxidation sites excluding steroid dienone is 4. The summed E-state index contributed by atoms with van der Waals surface area (Å²) in [6, 6.07) is 0. The van der Waals surface area contributed by atoms with Crippen molar-refractivity contribution in [3.05, 3.63) is 23.8 Å². The minimum absolute atomic E-state index is 0.203. The molecule has 8 nitrogen and oxygen atoms in total. The van der Waals surface area contributed by atoms with Crippen LogP contribution in [0.2, 0.25) is 0 Å². The zero-order valence-corrected chi connectivity index (χ0v) is 21.4. The number of methoxy groups -OCH3 is 1. The molecule has 0 bridgehead atoms. The summed E-state index contributed by atoms with van der Waals surface area (Å²) < 4.78 is 27.8. The number of Topliss-reactive ketones (excluding diaryl/α,β-unsaturated/α-hetero) is 1. The zero-order valence-electron chi connectivity index (χ0n) is 21.4. The van der Waals surface area contributed by atoms with Gasteiger partial charge in [-0.25, -0.2) is 4.39 Å². The van der Waals surface area contributed by atoms with E-state index in [9.17, 15) is 29.4 Å². The lowest BCUT2D eigenvalue weighted by molar-refractivity contribution is -0.230. The lowest BCUT2D eigenvalue weighted by Gasteiger charge is -2.62. The Morgan fingerprint density at radius 1 is 1.22 bits per heavy atom. The molecule has 36 heavy (non-hydrogen) atoms. The highest BCUT2D eigenvalue weighted by atomic mass is 19.1. The van der Waals surface area contributed by atoms with E-state index in [0.717, 1.165) is 7.11 Å². The van der Waals surface area contributed by atoms with Crippen molar-refractivity contribution in [2.24, 2.45) is 34.5 Å². The second-order valence-electron chi connectivity index (χ2n) is 11.4. The van der Waals surface area contributed by atoms with Gasteiger partial charge in [0.1, 0.15) is 6.61 Å². The van der Waals surface area contributed by atoms with Crippen LogP contribution in [-0.2, 0) is 28.7 Å². The summed E-state index contributed by atoms with van der Waals surface area (Å²) in [5, 5.41) is 21.4. The molecular formula is C27H35FO8. The molecule has 4 rings (SSSR count). The molecule has 0 amide bonds. The molecule has 1 unspecified atom stereocenters. The van der Waals surface area contributed by atoms with E-state index < -0.39 is 76.2 Å². The summed E-state index contributed by atoms with van der Waals surface area (Å²) in [6.45, 7) is 5.52. The van der Waals surface area contributed by atoms with Crippen molar-refractivity contribution in [3.63, 3.8) is 0 Å². The normalized spacial score (nSPS) is 44.0. The molecule has 0 spiro atoms. The number of aliphatic hydroxyl groups excluding tert-OH is 2. The second kappa shape index (κ2) is 8.58. The van der Waals surface area contributed by atoms with Crippen LogP contribution in [0.25, 0.3) is 0 Å². The summed E-state index contributed by atoms with van der Waals surface area (Å²) in [6.07, 6.45) is 3.71. The first-order chi connectivity index (χ1) is 16.7. The first-order valence-corrected chi connectivity index (χ1v) is 12.5. The highest BCUT2D eigenvalue weighted by Crippen LogP contribution is 2.71. The highest BCUT2D eigenvalue weighted by Gasteiger charge is 2.77. The van der Waals surface area contributed by atoms with Crippen molar-refractivity contribution in [2.75, 3.05) is 13.7 Å². The maximum absolute atomic E-state index is 17.3. The fraction of sp³-hybridized carbons (Fsp3) is 0.704. The Morgan fingerprint density at radius 2 is 1.89 bits per heavy atom. The first kappa shape index (κ1) is 26.7. The number of alkyl halides is 1. The number of carbonyl (C=O) groups excluding carboxylic acids is 4. The molecule has 3 saturated carbocycles. The largest absolute Gasteiger partial charge is 0.468 e. The molecule has 4 aliphatic rings. The molecule has 0 aliphatic heterocycles. The number of aliphatic hydroxyl groups is 2. The number of ether oxygens (including phenoxy) is 2. The number of hydrogen-bond donors (Lipinski definition) is 2. The quantitative estimate of drug-likeness (QED) is 0.429. The zero-order chi connectivity index (χ0) is 26.8. The minimum atomic E-state index is -2.11. The van der Waals surface area contributed by atoms with E-state index in [-0.39, 0.29) is 12.2 Å². The molecular weight excluding hydrogens is 471 g/mol. The minimum Gasteiger partial charge on any atom is -0.468 e. The van der Waals surface area contributed by atoms with Gasteiger partial charge >= 0.3 is 11.9 Å². The third-order valence-corrected chi connectivity index (χ3v) is 9.91. The van der Waals surface area contributed by atoms with Crippen LogP contribution >= 0.6 is 0 Å². The van der Waals surface area contributed by atoms with Crippen LogP contribution in [0.3, 0.4) is 0 Å². The Morgan fingerprint density at radius 3 is 2.50 bits per heavy atom. The molecule has 198 valence electrons. The number of esters is 2. The maximum atomic E-state index is 17.3. The number of fused-ring (bicyclic) bond motifs is 5. The van der Waals surface area contributed by atoms with Gasteiger partial charge < -0.3 is 19.7 Å².